The molecule has 5 heteroatoms. The molecule has 1 aliphatic rings. The summed E-state index contributed by atoms with van der Waals surface area (Å²) < 4.78 is 0. The lowest BCUT2D eigenvalue weighted by Gasteiger charge is -2.23. The standard InChI is InChI=1S/C22H34O4S/c23-18(16-27-19-9-5-3-6-10-19)13-14-20-17(12-15-21(20)24)8-4-1-2-7-11-22(25)26/h3,5-6,9-10,17-18,20-21,23-24H,1-2,4,7-8,11-16H2,(H,25,26)/t17?,18?,20-,21-/m1/s1. The molecule has 0 heterocycles. The number of carbonyl (C=O) groups is 1. The van der Waals surface area contributed by atoms with Crippen molar-refractivity contribution in [1.29, 1.82) is 0 Å². The molecule has 4 nitrogen and oxygen atoms in total. The van der Waals surface area contributed by atoms with Gasteiger partial charge in [-0.15, -0.1) is 11.8 Å². The number of hydrogen-bond donors (Lipinski definition) is 3. The normalized spacial score (nSPS) is 23.4. The second-order valence-electron chi connectivity index (χ2n) is 7.77. The van der Waals surface area contributed by atoms with Crippen LogP contribution in [0.2, 0.25) is 0 Å². The topological polar surface area (TPSA) is 77.8 Å². The SMILES string of the molecule is O=C(O)CCCCCCC1CC[C@@H](O)[C@@H]1CCC(O)CSc1ccccc1. The molecule has 0 aromatic heterocycles. The first kappa shape index (κ1) is 22.3. The van der Waals surface area contributed by atoms with Gasteiger partial charge in [-0.05, 0) is 56.1 Å². The van der Waals surface area contributed by atoms with Crippen LogP contribution in [0.3, 0.4) is 0 Å². The van der Waals surface area contributed by atoms with E-state index in [9.17, 15) is 15.0 Å². The Balaban J connectivity index is 1.63. The average Bonchev–Trinajstić information content (AvgIpc) is 3.01. The van der Waals surface area contributed by atoms with Crippen LogP contribution in [-0.2, 0) is 4.79 Å². The zero-order valence-corrected chi connectivity index (χ0v) is 16.9. The van der Waals surface area contributed by atoms with Gasteiger partial charge in [-0.3, -0.25) is 4.79 Å². The highest BCUT2D eigenvalue weighted by Crippen LogP contribution is 2.39. The molecule has 1 fully saturated rings. The summed E-state index contributed by atoms with van der Waals surface area (Å²) in [4.78, 5) is 11.7. The number of aliphatic hydroxyl groups excluding tert-OH is 2. The van der Waals surface area contributed by atoms with Gasteiger partial charge in [0.1, 0.15) is 0 Å². The van der Waals surface area contributed by atoms with Crippen LogP contribution in [0, 0.1) is 11.8 Å². The van der Waals surface area contributed by atoms with Gasteiger partial charge in [-0.1, -0.05) is 43.9 Å². The molecule has 2 rings (SSSR count). The maximum absolute atomic E-state index is 10.5. The lowest BCUT2D eigenvalue weighted by Crippen LogP contribution is -2.22. The molecule has 1 aromatic carbocycles. The van der Waals surface area contributed by atoms with Crippen LogP contribution in [0.15, 0.2) is 35.2 Å². The number of carboxylic acid groups (broad SMARTS) is 1. The molecule has 3 N–H and O–H groups in total. The number of thioether (sulfide) groups is 1. The Morgan fingerprint density at radius 1 is 1.07 bits per heavy atom. The zero-order chi connectivity index (χ0) is 19.5. The van der Waals surface area contributed by atoms with Gasteiger partial charge in [0.25, 0.3) is 0 Å². The van der Waals surface area contributed by atoms with E-state index in [0.29, 0.717) is 17.6 Å². The minimum Gasteiger partial charge on any atom is -0.481 e. The Hall–Kier alpha value is -1.04. The predicted molar refractivity (Wildman–Crippen MR) is 110 cm³/mol. The summed E-state index contributed by atoms with van der Waals surface area (Å²) in [6.07, 6.45) is 8.34. The van der Waals surface area contributed by atoms with Crippen molar-refractivity contribution in [2.75, 3.05) is 5.75 Å². The second-order valence-corrected chi connectivity index (χ2v) is 8.86. The fourth-order valence-electron chi connectivity index (χ4n) is 4.13. The maximum Gasteiger partial charge on any atom is 0.303 e. The van der Waals surface area contributed by atoms with E-state index in [1.165, 1.54) is 4.90 Å². The second kappa shape index (κ2) is 12.4. The third-order valence-corrected chi connectivity index (χ3v) is 6.82. The summed E-state index contributed by atoms with van der Waals surface area (Å²) in [5.74, 6) is 0.841. The summed E-state index contributed by atoms with van der Waals surface area (Å²) in [6, 6.07) is 10.1. The number of hydrogen-bond acceptors (Lipinski definition) is 4. The zero-order valence-electron chi connectivity index (χ0n) is 16.1. The van der Waals surface area contributed by atoms with Crippen molar-refractivity contribution in [1.82, 2.24) is 0 Å². The third kappa shape index (κ3) is 8.67. The van der Waals surface area contributed by atoms with E-state index in [2.05, 4.69) is 12.1 Å². The van der Waals surface area contributed by atoms with Crippen molar-refractivity contribution in [3.8, 4) is 0 Å². The Bertz CT molecular complexity index is 536. The number of carboxylic acids is 1. The van der Waals surface area contributed by atoms with E-state index in [0.717, 1.165) is 57.8 Å². The third-order valence-electron chi connectivity index (χ3n) is 5.67. The molecule has 1 aromatic rings. The molecule has 27 heavy (non-hydrogen) atoms. The quantitative estimate of drug-likeness (QED) is 0.333. The van der Waals surface area contributed by atoms with Crippen molar-refractivity contribution in [3.05, 3.63) is 30.3 Å². The minimum absolute atomic E-state index is 0.226. The smallest absolute Gasteiger partial charge is 0.303 e. The van der Waals surface area contributed by atoms with Crippen LogP contribution in [0.4, 0.5) is 0 Å². The largest absolute Gasteiger partial charge is 0.481 e. The van der Waals surface area contributed by atoms with Crippen molar-refractivity contribution < 1.29 is 20.1 Å². The Kier molecular flexibility index (Phi) is 10.2. The highest BCUT2D eigenvalue weighted by atomic mass is 32.2. The van der Waals surface area contributed by atoms with Crippen LogP contribution < -0.4 is 0 Å². The highest BCUT2D eigenvalue weighted by molar-refractivity contribution is 7.99. The number of aliphatic carboxylic acids is 1. The van der Waals surface area contributed by atoms with E-state index in [4.69, 9.17) is 5.11 Å². The summed E-state index contributed by atoms with van der Waals surface area (Å²) in [6.45, 7) is 0. The molecular weight excluding hydrogens is 360 g/mol. The van der Waals surface area contributed by atoms with Gasteiger partial charge in [0, 0.05) is 17.1 Å². The summed E-state index contributed by atoms with van der Waals surface area (Å²) in [5, 5.41) is 29.3. The monoisotopic (exact) mass is 394 g/mol. The lowest BCUT2D eigenvalue weighted by molar-refractivity contribution is -0.137. The van der Waals surface area contributed by atoms with Crippen LogP contribution >= 0.6 is 11.8 Å². The van der Waals surface area contributed by atoms with E-state index in [1.54, 1.807) is 11.8 Å². The predicted octanol–water partition coefficient (Wildman–Crippen LogP) is 4.73. The van der Waals surface area contributed by atoms with Gasteiger partial charge >= 0.3 is 5.97 Å². The first-order chi connectivity index (χ1) is 13.1. The van der Waals surface area contributed by atoms with E-state index < -0.39 is 5.97 Å². The molecule has 1 aliphatic carbocycles. The maximum atomic E-state index is 10.5. The number of rotatable bonds is 13. The van der Waals surface area contributed by atoms with E-state index >= 15 is 0 Å². The molecule has 0 amide bonds. The van der Waals surface area contributed by atoms with Gasteiger partial charge in [0.2, 0.25) is 0 Å². The number of aliphatic hydroxyl groups is 2. The van der Waals surface area contributed by atoms with Crippen molar-refractivity contribution in [2.45, 2.75) is 81.3 Å². The summed E-state index contributed by atoms with van der Waals surface area (Å²) in [5.41, 5.74) is 0. The van der Waals surface area contributed by atoms with Gasteiger partial charge in [0.15, 0.2) is 0 Å². The lowest BCUT2D eigenvalue weighted by atomic mass is 9.86. The Morgan fingerprint density at radius 2 is 1.81 bits per heavy atom. The van der Waals surface area contributed by atoms with Gasteiger partial charge in [-0.2, -0.15) is 0 Å². The first-order valence-electron chi connectivity index (χ1n) is 10.3. The molecule has 1 saturated carbocycles. The van der Waals surface area contributed by atoms with Crippen LogP contribution in [-0.4, -0.2) is 39.2 Å². The molecule has 0 radical (unpaired) electrons. The first-order valence-corrected chi connectivity index (χ1v) is 11.3. The van der Waals surface area contributed by atoms with Crippen molar-refractivity contribution in [3.63, 3.8) is 0 Å². The Morgan fingerprint density at radius 3 is 2.56 bits per heavy atom. The molecule has 2 unspecified atom stereocenters. The molecular formula is C22H34O4S. The van der Waals surface area contributed by atoms with Crippen LogP contribution in [0.25, 0.3) is 0 Å². The van der Waals surface area contributed by atoms with Gasteiger partial charge in [0.05, 0.1) is 12.2 Å². The fourth-order valence-corrected chi connectivity index (χ4v) is 5.03. The van der Waals surface area contributed by atoms with Crippen LogP contribution in [0.1, 0.15) is 64.2 Å². The molecule has 0 spiro atoms. The van der Waals surface area contributed by atoms with Gasteiger partial charge < -0.3 is 15.3 Å². The average molecular weight is 395 g/mol. The summed E-state index contributed by atoms with van der Waals surface area (Å²) in [7, 11) is 0. The Labute approximate surface area is 167 Å². The van der Waals surface area contributed by atoms with Crippen molar-refractivity contribution in [2.24, 2.45) is 11.8 Å². The number of unbranched alkanes of at least 4 members (excludes halogenated alkanes) is 3. The van der Waals surface area contributed by atoms with Crippen molar-refractivity contribution >= 4 is 17.7 Å². The molecule has 0 aliphatic heterocycles. The summed E-state index contributed by atoms with van der Waals surface area (Å²) >= 11 is 1.68. The minimum atomic E-state index is -0.710. The number of benzene rings is 1. The fraction of sp³-hybridized carbons (Fsp3) is 0.682. The molecule has 0 bridgehead atoms. The van der Waals surface area contributed by atoms with E-state index in [-0.39, 0.29) is 18.6 Å². The van der Waals surface area contributed by atoms with E-state index in [1.807, 2.05) is 18.2 Å². The molecule has 152 valence electrons. The molecule has 0 saturated heterocycles. The van der Waals surface area contributed by atoms with Gasteiger partial charge in [-0.25, -0.2) is 0 Å². The molecule has 4 atom stereocenters. The van der Waals surface area contributed by atoms with Crippen LogP contribution in [0.5, 0.6) is 0 Å². The highest BCUT2D eigenvalue weighted by Gasteiger charge is 2.34.